The summed E-state index contributed by atoms with van der Waals surface area (Å²) < 4.78 is 26.9. The van der Waals surface area contributed by atoms with E-state index in [4.69, 9.17) is 5.73 Å². The Morgan fingerprint density at radius 3 is 2.27 bits per heavy atom. The molecule has 0 aliphatic rings. The van der Waals surface area contributed by atoms with Crippen LogP contribution in [-0.4, -0.2) is 14.4 Å². The molecule has 0 heterocycles. The van der Waals surface area contributed by atoms with E-state index in [1.807, 2.05) is 0 Å². The van der Waals surface area contributed by atoms with Crippen LogP contribution in [0.15, 0.2) is 78.4 Å². The van der Waals surface area contributed by atoms with Gasteiger partial charge in [-0.05, 0) is 36.4 Å². The zero-order valence-corrected chi connectivity index (χ0v) is 12.6. The largest absolute Gasteiger partial charge is 0.351 e. The van der Waals surface area contributed by atoms with Crippen molar-refractivity contribution in [2.75, 3.05) is 5.32 Å². The first-order chi connectivity index (χ1) is 10.4. The number of sulfonamides is 1. The normalized spacial score (nSPS) is 11.9. The third-order valence-electron chi connectivity index (χ3n) is 2.39. The monoisotopic (exact) mass is 319 g/mol. The standard InChI is InChI=1S/C15H17N3O3S/c1-3-5-7-13(6-4-2)18-22(20,21)14-10-8-12(9-11-14)17-15(16)19/h3-11,18H,1-2H2,(H3,16,17,19)/b7-5-,13-6+. The fourth-order valence-electron chi connectivity index (χ4n) is 1.50. The van der Waals surface area contributed by atoms with Crippen molar-refractivity contribution < 1.29 is 13.2 Å². The number of anilines is 1. The van der Waals surface area contributed by atoms with Gasteiger partial charge in [-0.25, -0.2) is 13.2 Å². The molecule has 6 nitrogen and oxygen atoms in total. The van der Waals surface area contributed by atoms with Crippen molar-refractivity contribution in [1.82, 2.24) is 4.72 Å². The van der Waals surface area contributed by atoms with Crippen molar-refractivity contribution in [3.63, 3.8) is 0 Å². The van der Waals surface area contributed by atoms with Crippen LogP contribution in [0.1, 0.15) is 0 Å². The predicted molar refractivity (Wildman–Crippen MR) is 87.6 cm³/mol. The van der Waals surface area contributed by atoms with E-state index in [0.29, 0.717) is 11.4 Å². The summed E-state index contributed by atoms with van der Waals surface area (Å²) in [7, 11) is -3.75. The van der Waals surface area contributed by atoms with Gasteiger partial charge in [-0.15, -0.1) is 0 Å². The molecule has 0 aliphatic heterocycles. The third kappa shape index (κ3) is 5.29. The number of nitrogens with two attached hydrogens (primary N) is 1. The summed E-state index contributed by atoms with van der Waals surface area (Å²) in [5, 5.41) is 2.35. The van der Waals surface area contributed by atoms with E-state index >= 15 is 0 Å². The topological polar surface area (TPSA) is 101 Å². The lowest BCUT2D eigenvalue weighted by Crippen LogP contribution is -2.22. The number of primary amides is 1. The number of carbonyl (C=O) groups excluding carboxylic acids is 1. The highest BCUT2D eigenvalue weighted by atomic mass is 32.2. The minimum absolute atomic E-state index is 0.0458. The van der Waals surface area contributed by atoms with Crippen LogP contribution in [0, 0.1) is 0 Å². The third-order valence-corrected chi connectivity index (χ3v) is 3.79. The molecular weight excluding hydrogens is 302 g/mol. The Labute approximate surface area is 129 Å². The summed E-state index contributed by atoms with van der Waals surface area (Å²) in [6.07, 6.45) is 7.65. The van der Waals surface area contributed by atoms with E-state index in [1.165, 1.54) is 42.5 Å². The second-order valence-corrected chi connectivity index (χ2v) is 5.75. The van der Waals surface area contributed by atoms with Crippen LogP contribution in [0.25, 0.3) is 0 Å². The molecule has 0 aromatic heterocycles. The van der Waals surface area contributed by atoms with Crippen LogP contribution in [0.2, 0.25) is 0 Å². The van der Waals surface area contributed by atoms with Crippen molar-refractivity contribution in [3.05, 3.63) is 73.5 Å². The zero-order chi connectivity index (χ0) is 16.6. The second kappa shape index (κ2) is 7.84. The van der Waals surface area contributed by atoms with Gasteiger partial charge in [0.2, 0.25) is 0 Å². The van der Waals surface area contributed by atoms with Gasteiger partial charge < -0.3 is 11.1 Å². The van der Waals surface area contributed by atoms with Gasteiger partial charge in [-0.1, -0.05) is 31.4 Å². The second-order valence-electron chi connectivity index (χ2n) is 4.07. The maximum absolute atomic E-state index is 12.3. The smallest absolute Gasteiger partial charge is 0.316 e. The molecule has 0 spiro atoms. The molecule has 7 heteroatoms. The van der Waals surface area contributed by atoms with Gasteiger partial charge in [0.1, 0.15) is 0 Å². The molecule has 0 radical (unpaired) electrons. The summed E-state index contributed by atoms with van der Waals surface area (Å²) in [5.74, 6) is 0. The Hall–Kier alpha value is -2.80. The lowest BCUT2D eigenvalue weighted by molar-refractivity contribution is 0.259. The molecule has 0 saturated heterocycles. The highest BCUT2D eigenvalue weighted by Gasteiger charge is 2.14. The average Bonchev–Trinajstić information content (AvgIpc) is 2.44. The molecule has 0 atom stereocenters. The van der Waals surface area contributed by atoms with E-state index in [9.17, 15) is 13.2 Å². The molecule has 0 unspecified atom stereocenters. The van der Waals surface area contributed by atoms with Crippen molar-refractivity contribution in [2.45, 2.75) is 4.90 Å². The Bertz CT molecular complexity index is 717. The number of benzene rings is 1. The summed E-state index contributed by atoms with van der Waals surface area (Å²) in [4.78, 5) is 10.8. The van der Waals surface area contributed by atoms with Gasteiger partial charge in [0.15, 0.2) is 0 Å². The predicted octanol–water partition coefficient (Wildman–Crippen LogP) is 2.27. The van der Waals surface area contributed by atoms with Gasteiger partial charge in [-0.3, -0.25) is 4.72 Å². The molecule has 1 aromatic carbocycles. The molecule has 116 valence electrons. The van der Waals surface area contributed by atoms with E-state index in [-0.39, 0.29) is 4.90 Å². The summed E-state index contributed by atoms with van der Waals surface area (Å²) in [6.45, 7) is 7.05. The minimum Gasteiger partial charge on any atom is -0.351 e. The molecule has 0 aliphatic carbocycles. The van der Waals surface area contributed by atoms with E-state index in [2.05, 4.69) is 23.2 Å². The van der Waals surface area contributed by atoms with Gasteiger partial charge in [0.05, 0.1) is 4.90 Å². The number of hydrogen-bond donors (Lipinski definition) is 3. The SMILES string of the molecule is C=C/C=C\C(=C/C=C)NS(=O)(=O)c1ccc(NC(N)=O)cc1. The number of urea groups is 1. The fourth-order valence-corrected chi connectivity index (χ4v) is 2.55. The molecule has 2 amide bonds. The van der Waals surface area contributed by atoms with E-state index < -0.39 is 16.1 Å². The van der Waals surface area contributed by atoms with E-state index in [0.717, 1.165) is 0 Å². The number of rotatable bonds is 7. The van der Waals surface area contributed by atoms with Gasteiger partial charge in [0.25, 0.3) is 10.0 Å². The molecule has 22 heavy (non-hydrogen) atoms. The highest BCUT2D eigenvalue weighted by molar-refractivity contribution is 7.89. The van der Waals surface area contributed by atoms with Crippen molar-refractivity contribution in [1.29, 1.82) is 0 Å². The van der Waals surface area contributed by atoms with Gasteiger partial charge >= 0.3 is 6.03 Å². The summed E-state index contributed by atoms with van der Waals surface area (Å²) in [6, 6.07) is 4.87. The van der Waals surface area contributed by atoms with Crippen LogP contribution in [-0.2, 0) is 10.0 Å². The summed E-state index contributed by atoms with van der Waals surface area (Å²) in [5.41, 5.74) is 5.73. The lowest BCUT2D eigenvalue weighted by Gasteiger charge is -2.09. The first kappa shape index (κ1) is 17.3. The molecule has 4 N–H and O–H groups in total. The number of amides is 2. The average molecular weight is 319 g/mol. The van der Waals surface area contributed by atoms with Gasteiger partial charge in [-0.2, -0.15) is 0 Å². The van der Waals surface area contributed by atoms with E-state index in [1.54, 1.807) is 12.2 Å². The number of nitrogens with one attached hydrogen (secondary N) is 2. The molecule has 0 fully saturated rings. The van der Waals surface area contributed by atoms with Crippen LogP contribution in [0.4, 0.5) is 10.5 Å². The summed E-state index contributed by atoms with van der Waals surface area (Å²) >= 11 is 0. The minimum atomic E-state index is -3.75. The molecule has 1 aromatic rings. The Balaban J connectivity index is 3.00. The molecule has 1 rings (SSSR count). The number of hydrogen-bond acceptors (Lipinski definition) is 3. The van der Waals surface area contributed by atoms with Crippen LogP contribution in [0.3, 0.4) is 0 Å². The lowest BCUT2D eigenvalue weighted by atomic mass is 10.3. The first-order valence-electron chi connectivity index (χ1n) is 6.20. The van der Waals surface area contributed by atoms with Crippen LogP contribution in [0.5, 0.6) is 0 Å². The van der Waals surface area contributed by atoms with Crippen molar-refractivity contribution >= 4 is 21.7 Å². The molecular formula is C15H17N3O3S. The molecule has 0 saturated carbocycles. The van der Waals surface area contributed by atoms with Gasteiger partial charge in [0, 0.05) is 11.4 Å². The Kier molecular flexibility index (Phi) is 6.15. The van der Waals surface area contributed by atoms with Crippen molar-refractivity contribution in [3.8, 4) is 0 Å². The Morgan fingerprint density at radius 1 is 1.14 bits per heavy atom. The maximum Gasteiger partial charge on any atom is 0.316 e. The maximum atomic E-state index is 12.3. The zero-order valence-electron chi connectivity index (χ0n) is 11.8. The quantitative estimate of drug-likeness (QED) is 0.672. The number of carbonyl (C=O) groups is 1. The van der Waals surface area contributed by atoms with Crippen molar-refractivity contribution in [2.24, 2.45) is 5.73 Å². The van der Waals surface area contributed by atoms with Crippen LogP contribution < -0.4 is 15.8 Å². The highest BCUT2D eigenvalue weighted by Crippen LogP contribution is 2.15. The number of allylic oxidation sites excluding steroid dienone is 5. The fraction of sp³-hybridized carbons (Fsp3) is 0. The van der Waals surface area contributed by atoms with Crippen LogP contribution >= 0.6 is 0 Å². The first-order valence-corrected chi connectivity index (χ1v) is 7.68. The molecule has 0 bridgehead atoms. The Morgan fingerprint density at radius 2 is 1.77 bits per heavy atom.